The molecule has 0 heterocycles. The molecule has 0 aromatic heterocycles. The fourth-order valence-corrected chi connectivity index (χ4v) is 2.18. The van der Waals surface area contributed by atoms with Gasteiger partial charge in [-0.2, -0.15) is 0 Å². The summed E-state index contributed by atoms with van der Waals surface area (Å²) in [4.78, 5) is 23.5. The molecule has 0 radical (unpaired) electrons. The summed E-state index contributed by atoms with van der Waals surface area (Å²) < 4.78 is 4.65. The summed E-state index contributed by atoms with van der Waals surface area (Å²) >= 11 is 0. The van der Waals surface area contributed by atoms with Gasteiger partial charge in [-0.05, 0) is 55.3 Å². The molecule has 0 saturated heterocycles. The van der Waals surface area contributed by atoms with Gasteiger partial charge in [0.25, 0.3) is 0 Å². The Morgan fingerprint density at radius 3 is 2.18 bits per heavy atom. The van der Waals surface area contributed by atoms with Gasteiger partial charge < -0.3 is 15.4 Å². The van der Waals surface area contributed by atoms with E-state index in [9.17, 15) is 9.59 Å². The average molecular weight is 298 g/mol. The number of aryl methyl sites for hydroxylation is 2. The fraction of sp³-hybridized carbons (Fsp3) is 0.176. The summed E-state index contributed by atoms with van der Waals surface area (Å²) in [6, 6.07) is 12.0. The van der Waals surface area contributed by atoms with Crippen LogP contribution in [0.2, 0.25) is 0 Å². The Balaban J connectivity index is 2.07. The smallest absolute Gasteiger partial charge is 0.337 e. The van der Waals surface area contributed by atoms with Gasteiger partial charge in [-0.25, -0.2) is 9.59 Å². The third kappa shape index (κ3) is 4.09. The highest BCUT2D eigenvalue weighted by molar-refractivity contribution is 6.00. The van der Waals surface area contributed by atoms with E-state index in [1.807, 2.05) is 32.0 Å². The first-order valence-electron chi connectivity index (χ1n) is 6.82. The number of benzene rings is 2. The fourth-order valence-electron chi connectivity index (χ4n) is 2.18. The van der Waals surface area contributed by atoms with E-state index in [0.29, 0.717) is 11.3 Å². The summed E-state index contributed by atoms with van der Waals surface area (Å²) in [6.07, 6.45) is 0. The molecule has 0 unspecified atom stereocenters. The number of anilines is 2. The second-order valence-corrected chi connectivity index (χ2v) is 5.03. The molecule has 0 aliphatic heterocycles. The van der Waals surface area contributed by atoms with Crippen LogP contribution in [0.1, 0.15) is 21.5 Å². The molecule has 5 heteroatoms. The third-order valence-corrected chi connectivity index (χ3v) is 3.02. The molecule has 0 atom stereocenters. The molecular weight excluding hydrogens is 280 g/mol. The Morgan fingerprint density at radius 2 is 1.55 bits per heavy atom. The van der Waals surface area contributed by atoms with Gasteiger partial charge in [0, 0.05) is 11.4 Å². The van der Waals surface area contributed by atoms with Crippen LogP contribution >= 0.6 is 0 Å². The number of hydrogen-bond donors (Lipinski definition) is 2. The predicted molar refractivity (Wildman–Crippen MR) is 86.3 cm³/mol. The molecule has 2 rings (SSSR count). The number of carbonyl (C=O) groups is 2. The number of methoxy groups -OCH3 is 1. The molecule has 2 N–H and O–H groups in total. The molecule has 0 spiro atoms. The van der Waals surface area contributed by atoms with Crippen molar-refractivity contribution in [2.24, 2.45) is 0 Å². The Kier molecular flexibility index (Phi) is 4.78. The minimum absolute atomic E-state index is 0.369. The SMILES string of the molecule is COC(=O)c1cccc(NC(=O)Nc2cc(C)cc(C)c2)c1. The zero-order valence-electron chi connectivity index (χ0n) is 12.8. The number of esters is 1. The predicted octanol–water partition coefficient (Wildman–Crippen LogP) is 3.73. The number of ether oxygens (including phenoxy) is 1. The summed E-state index contributed by atoms with van der Waals surface area (Å²) in [5, 5.41) is 5.46. The summed E-state index contributed by atoms with van der Waals surface area (Å²) in [5.41, 5.74) is 3.77. The molecular formula is C17H18N2O3. The molecule has 2 aromatic rings. The Bertz CT molecular complexity index is 691. The number of amides is 2. The monoisotopic (exact) mass is 298 g/mol. The first-order chi connectivity index (χ1) is 10.5. The van der Waals surface area contributed by atoms with E-state index in [1.165, 1.54) is 7.11 Å². The highest BCUT2D eigenvalue weighted by atomic mass is 16.5. The van der Waals surface area contributed by atoms with E-state index in [0.717, 1.165) is 16.8 Å². The lowest BCUT2D eigenvalue weighted by molar-refractivity contribution is 0.0600. The number of carbonyl (C=O) groups excluding carboxylic acids is 2. The van der Waals surface area contributed by atoms with Crippen molar-refractivity contribution in [3.05, 3.63) is 59.2 Å². The number of urea groups is 1. The van der Waals surface area contributed by atoms with E-state index in [4.69, 9.17) is 0 Å². The molecule has 0 bridgehead atoms. The normalized spacial score (nSPS) is 9.95. The molecule has 2 amide bonds. The van der Waals surface area contributed by atoms with Crippen LogP contribution in [0.4, 0.5) is 16.2 Å². The van der Waals surface area contributed by atoms with Crippen molar-refractivity contribution in [1.29, 1.82) is 0 Å². The minimum atomic E-state index is -0.446. The van der Waals surface area contributed by atoms with Gasteiger partial charge in [0.2, 0.25) is 0 Å². The molecule has 0 saturated carbocycles. The lowest BCUT2D eigenvalue weighted by Crippen LogP contribution is -2.19. The van der Waals surface area contributed by atoms with Crippen LogP contribution in [-0.2, 0) is 4.74 Å². The molecule has 22 heavy (non-hydrogen) atoms. The van der Waals surface area contributed by atoms with Crippen molar-refractivity contribution in [2.75, 3.05) is 17.7 Å². The van der Waals surface area contributed by atoms with E-state index in [1.54, 1.807) is 24.3 Å². The molecule has 2 aromatic carbocycles. The molecule has 0 aliphatic rings. The van der Waals surface area contributed by atoms with Crippen LogP contribution in [0.5, 0.6) is 0 Å². The largest absolute Gasteiger partial charge is 0.465 e. The molecule has 0 fully saturated rings. The van der Waals surface area contributed by atoms with Crippen LogP contribution in [0.25, 0.3) is 0 Å². The zero-order valence-corrected chi connectivity index (χ0v) is 12.8. The summed E-state index contributed by atoms with van der Waals surface area (Å²) in [7, 11) is 1.31. The third-order valence-electron chi connectivity index (χ3n) is 3.02. The Labute approximate surface area is 129 Å². The Hall–Kier alpha value is -2.82. The summed E-state index contributed by atoms with van der Waals surface area (Å²) in [5.74, 6) is -0.446. The van der Waals surface area contributed by atoms with Gasteiger partial charge in [0.15, 0.2) is 0 Å². The van der Waals surface area contributed by atoms with Gasteiger partial charge in [-0.3, -0.25) is 0 Å². The quantitative estimate of drug-likeness (QED) is 0.848. The topological polar surface area (TPSA) is 67.4 Å². The summed E-state index contributed by atoms with van der Waals surface area (Å²) in [6.45, 7) is 3.94. The lowest BCUT2D eigenvalue weighted by Gasteiger charge is -2.10. The van der Waals surface area contributed by atoms with Gasteiger partial charge in [0.1, 0.15) is 0 Å². The van der Waals surface area contributed by atoms with E-state index in [2.05, 4.69) is 15.4 Å². The molecule has 114 valence electrons. The second-order valence-electron chi connectivity index (χ2n) is 5.03. The van der Waals surface area contributed by atoms with E-state index >= 15 is 0 Å². The standard InChI is InChI=1S/C17H18N2O3/c1-11-7-12(2)9-15(8-11)19-17(21)18-14-6-4-5-13(10-14)16(20)22-3/h4-10H,1-3H3,(H2,18,19,21). The van der Waals surface area contributed by atoms with Crippen LogP contribution in [-0.4, -0.2) is 19.1 Å². The minimum Gasteiger partial charge on any atom is -0.465 e. The van der Waals surface area contributed by atoms with Gasteiger partial charge in [0.05, 0.1) is 12.7 Å². The maximum atomic E-state index is 12.0. The van der Waals surface area contributed by atoms with Crippen molar-refractivity contribution in [3.63, 3.8) is 0 Å². The maximum absolute atomic E-state index is 12.0. The van der Waals surface area contributed by atoms with Gasteiger partial charge in [-0.1, -0.05) is 12.1 Å². The second kappa shape index (κ2) is 6.76. The molecule has 5 nitrogen and oxygen atoms in total. The van der Waals surface area contributed by atoms with Crippen molar-refractivity contribution < 1.29 is 14.3 Å². The van der Waals surface area contributed by atoms with Crippen LogP contribution in [0.15, 0.2) is 42.5 Å². The van der Waals surface area contributed by atoms with Crippen molar-refractivity contribution in [1.82, 2.24) is 0 Å². The maximum Gasteiger partial charge on any atom is 0.337 e. The van der Waals surface area contributed by atoms with E-state index in [-0.39, 0.29) is 6.03 Å². The highest BCUT2D eigenvalue weighted by Crippen LogP contribution is 2.15. The number of hydrogen-bond acceptors (Lipinski definition) is 3. The first-order valence-corrected chi connectivity index (χ1v) is 6.82. The number of nitrogens with one attached hydrogen (secondary N) is 2. The van der Waals surface area contributed by atoms with Crippen LogP contribution < -0.4 is 10.6 Å². The van der Waals surface area contributed by atoms with Crippen molar-refractivity contribution in [3.8, 4) is 0 Å². The van der Waals surface area contributed by atoms with Crippen LogP contribution in [0, 0.1) is 13.8 Å². The zero-order chi connectivity index (χ0) is 16.1. The van der Waals surface area contributed by atoms with Gasteiger partial charge >= 0.3 is 12.0 Å². The molecule has 0 aliphatic carbocycles. The highest BCUT2D eigenvalue weighted by Gasteiger charge is 2.08. The lowest BCUT2D eigenvalue weighted by atomic mass is 10.1. The van der Waals surface area contributed by atoms with Gasteiger partial charge in [-0.15, -0.1) is 0 Å². The number of rotatable bonds is 3. The first kappa shape index (κ1) is 15.6. The van der Waals surface area contributed by atoms with Crippen LogP contribution in [0.3, 0.4) is 0 Å². The Morgan fingerprint density at radius 1 is 0.909 bits per heavy atom. The van der Waals surface area contributed by atoms with Crippen molar-refractivity contribution >= 4 is 23.4 Å². The average Bonchev–Trinajstić information content (AvgIpc) is 2.45. The van der Waals surface area contributed by atoms with Crippen molar-refractivity contribution in [2.45, 2.75) is 13.8 Å². The van der Waals surface area contributed by atoms with E-state index < -0.39 is 5.97 Å².